The fourth-order valence-corrected chi connectivity index (χ4v) is 2.37. The van der Waals surface area contributed by atoms with Crippen molar-refractivity contribution in [1.82, 2.24) is 15.0 Å². The van der Waals surface area contributed by atoms with Crippen molar-refractivity contribution in [1.29, 1.82) is 0 Å². The molecule has 0 aromatic carbocycles. The molecule has 1 fully saturated rings. The lowest BCUT2D eigenvalue weighted by molar-refractivity contribution is -0.141. The number of carboxylic acid groups (broad SMARTS) is 1. The van der Waals surface area contributed by atoms with Gasteiger partial charge in [0, 0.05) is 19.4 Å². The lowest BCUT2D eigenvalue weighted by Gasteiger charge is -2.27. The van der Waals surface area contributed by atoms with Gasteiger partial charge in [0.2, 0.25) is 0 Å². The minimum atomic E-state index is -0.847. The predicted octanol–water partition coefficient (Wildman–Crippen LogP) is 0.561. The number of rotatable bonds is 3. The summed E-state index contributed by atoms with van der Waals surface area (Å²) in [5, 5.41) is 9.20. The predicted molar refractivity (Wildman–Crippen MR) is 71.5 cm³/mol. The molecular formula is C13H14N4O3. The summed E-state index contributed by atoms with van der Waals surface area (Å²) in [6.07, 6.45) is 3.19. The summed E-state index contributed by atoms with van der Waals surface area (Å²) < 4.78 is 5.28. The molecule has 0 bridgehead atoms. The lowest BCUT2D eigenvalue weighted by atomic mass is 10.0. The number of likely N-dealkylation sites (N-methyl/N-ethyl adjacent to an activating group) is 1. The maximum absolute atomic E-state index is 11.2. The molecule has 3 rings (SSSR count). The van der Waals surface area contributed by atoms with Crippen LogP contribution in [-0.2, 0) is 9.53 Å². The van der Waals surface area contributed by atoms with E-state index >= 15 is 0 Å². The number of hydrogen-bond donors (Lipinski definition) is 1. The van der Waals surface area contributed by atoms with Gasteiger partial charge in [-0.25, -0.2) is 9.97 Å². The van der Waals surface area contributed by atoms with Crippen LogP contribution in [0.5, 0.6) is 0 Å². The minimum absolute atomic E-state index is 0.228. The molecule has 7 nitrogen and oxygen atoms in total. The van der Waals surface area contributed by atoms with Crippen LogP contribution in [0.1, 0.15) is 0 Å². The zero-order valence-electron chi connectivity index (χ0n) is 10.9. The fraction of sp³-hybridized carbons (Fsp3) is 0.385. The molecule has 1 saturated heterocycles. The Morgan fingerprint density at radius 2 is 2.15 bits per heavy atom. The summed E-state index contributed by atoms with van der Waals surface area (Å²) in [6, 6.07) is 3.41. The zero-order chi connectivity index (χ0) is 14.1. The standard InChI is InChI=1S/C13H14N4O3/c1-17(10-7-20-6-8(10)13(18)19)11-3-2-9-12(16-11)15-5-4-14-9/h2-5,8,10H,6-7H2,1H3,(H,18,19). The number of hydrogen-bond acceptors (Lipinski definition) is 6. The van der Waals surface area contributed by atoms with Crippen molar-refractivity contribution in [2.24, 2.45) is 5.92 Å². The first-order valence-electron chi connectivity index (χ1n) is 6.28. The van der Waals surface area contributed by atoms with Crippen molar-refractivity contribution in [3.63, 3.8) is 0 Å². The molecule has 20 heavy (non-hydrogen) atoms. The van der Waals surface area contributed by atoms with Crippen molar-refractivity contribution in [2.45, 2.75) is 6.04 Å². The van der Waals surface area contributed by atoms with Gasteiger partial charge in [-0.15, -0.1) is 0 Å². The van der Waals surface area contributed by atoms with E-state index in [2.05, 4.69) is 15.0 Å². The van der Waals surface area contributed by atoms with Gasteiger partial charge in [0.05, 0.1) is 19.3 Å². The summed E-state index contributed by atoms with van der Waals surface area (Å²) >= 11 is 0. The second kappa shape index (κ2) is 5.01. The van der Waals surface area contributed by atoms with Gasteiger partial charge in [-0.05, 0) is 12.1 Å². The highest BCUT2D eigenvalue weighted by molar-refractivity contribution is 5.74. The maximum atomic E-state index is 11.2. The monoisotopic (exact) mass is 274 g/mol. The van der Waals surface area contributed by atoms with Crippen LogP contribution in [0.25, 0.3) is 11.2 Å². The Morgan fingerprint density at radius 1 is 1.35 bits per heavy atom. The number of ether oxygens (including phenoxy) is 1. The first-order chi connectivity index (χ1) is 9.66. The first kappa shape index (κ1) is 12.7. The third-order valence-electron chi connectivity index (χ3n) is 3.54. The minimum Gasteiger partial charge on any atom is -0.481 e. The van der Waals surface area contributed by atoms with Crippen LogP contribution in [-0.4, -0.2) is 52.3 Å². The summed E-state index contributed by atoms with van der Waals surface area (Å²) in [6.45, 7) is 0.616. The summed E-state index contributed by atoms with van der Waals surface area (Å²) in [4.78, 5) is 25.8. The number of carbonyl (C=O) groups is 1. The molecule has 104 valence electrons. The van der Waals surface area contributed by atoms with E-state index in [1.165, 1.54) is 0 Å². The normalized spacial score (nSPS) is 22.1. The molecule has 2 aromatic heterocycles. The SMILES string of the molecule is CN(c1ccc2nccnc2n1)C1COCC1C(=O)O. The molecule has 0 aliphatic carbocycles. The Hall–Kier alpha value is -2.28. The molecule has 0 saturated carbocycles. The molecule has 1 aliphatic heterocycles. The van der Waals surface area contributed by atoms with Crippen molar-refractivity contribution in [2.75, 3.05) is 25.2 Å². The van der Waals surface area contributed by atoms with Gasteiger partial charge in [0.25, 0.3) is 0 Å². The maximum Gasteiger partial charge on any atom is 0.311 e. The Labute approximate surface area is 115 Å². The quantitative estimate of drug-likeness (QED) is 0.874. The molecular weight excluding hydrogens is 260 g/mol. The van der Waals surface area contributed by atoms with E-state index in [0.29, 0.717) is 23.6 Å². The van der Waals surface area contributed by atoms with Gasteiger partial charge in [0.15, 0.2) is 5.65 Å². The second-order valence-electron chi connectivity index (χ2n) is 4.73. The smallest absolute Gasteiger partial charge is 0.311 e. The highest BCUT2D eigenvalue weighted by atomic mass is 16.5. The highest BCUT2D eigenvalue weighted by Gasteiger charge is 2.37. The average Bonchev–Trinajstić information content (AvgIpc) is 2.95. The number of pyridine rings is 1. The van der Waals surface area contributed by atoms with Crippen molar-refractivity contribution < 1.29 is 14.6 Å². The molecule has 1 N–H and O–H groups in total. The first-order valence-corrected chi connectivity index (χ1v) is 6.28. The van der Waals surface area contributed by atoms with Crippen molar-refractivity contribution >= 4 is 23.0 Å². The number of anilines is 1. The largest absolute Gasteiger partial charge is 0.481 e. The molecule has 3 heterocycles. The van der Waals surface area contributed by atoms with Crippen LogP contribution in [0, 0.1) is 5.92 Å². The van der Waals surface area contributed by atoms with E-state index in [-0.39, 0.29) is 12.6 Å². The van der Waals surface area contributed by atoms with Gasteiger partial charge in [-0.1, -0.05) is 0 Å². The van der Waals surface area contributed by atoms with E-state index in [1.54, 1.807) is 12.4 Å². The van der Waals surface area contributed by atoms with Crippen LogP contribution in [0.3, 0.4) is 0 Å². The molecule has 2 unspecified atom stereocenters. The Balaban J connectivity index is 1.91. The number of nitrogens with zero attached hydrogens (tertiary/aromatic N) is 4. The second-order valence-corrected chi connectivity index (χ2v) is 4.73. The third-order valence-corrected chi connectivity index (χ3v) is 3.54. The van der Waals surface area contributed by atoms with Crippen molar-refractivity contribution in [3.05, 3.63) is 24.5 Å². The van der Waals surface area contributed by atoms with Crippen LogP contribution >= 0.6 is 0 Å². The molecule has 0 amide bonds. The Bertz CT molecular complexity index is 648. The average molecular weight is 274 g/mol. The van der Waals surface area contributed by atoms with Crippen LogP contribution in [0.2, 0.25) is 0 Å². The van der Waals surface area contributed by atoms with E-state index in [1.807, 2.05) is 24.1 Å². The van der Waals surface area contributed by atoms with Gasteiger partial charge < -0.3 is 14.7 Å². The molecule has 2 aromatic rings. The van der Waals surface area contributed by atoms with Crippen LogP contribution < -0.4 is 4.90 Å². The van der Waals surface area contributed by atoms with E-state index in [9.17, 15) is 9.90 Å². The van der Waals surface area contributed by atoms with E-state index in [0.717, 1.165) is 0 Å². The molecule has 0 radical (unpaired) electrons. The van der Waals surface area contributed by atoms with Crippen molar-refractivity contribution in [3.8, 4) is 0 Å². The lowest BCUT2D eigenvalue weighted by Crippen LogP contribution is -2.41. The van der Waals surface area contributed by atoms with Gasteiger partial charge in [0.1, 0.15) is 17.3 Å². The van der Waals surface area contributed by atoms with Crippen LogP contribution in [0.4, 0.5) is 5.82 Å². The zero-order valence-corrected chi connectivity index (χ0v) is 10.9. The van der Waals surface area contributed by atoms with Gasteiger partial charge in [-0.2, -0.15) is 0 Å². The Kier molecular flexibility index (Phi) is 3.19. The molecule has 2 atom stereocenters. The summed E-state index contributed by atoms with van der Waals surface area (Å²) in [5.41, 5.74) is 1.25. The fourth-order valence-electron chi connectivity index (χ4n) is 2.37. The molecule has 1 aliphatic rings. The third kappa shape index (κ3) is 2.16. The number of aliphatic carboxylic acids is 1. The Morgan fingerprint density at radius 3 is 2.95 bits per heavy atom. The van der Waals surface area contributed by atoms with E-state index in [4.69, 9.17) is 4.74 Å². The summed E-state index contributed by atoms with van der Waals surface area (Å²) in [5.74, 6) is -0.723. The molecule has 7 heteroatoms. The van der Waals surface area contributed by atoms with Gasteiger partial charge in [-0.3, -0.25) is 9.78 Å². The van der Waals surface area contributed by atoms with Gasteiger partial charge >= 0.3 is 5.97 Å². The molecule has 0 spiro atoms. The number of carboxylic acids is 1. The number of fused-ring (bicyclic) bond motifs is 1. The van der Waals surface area contributed by atoms with E-state index < -0.39 is 11.9 Å². The summed E-state index contributed by atoms with van der Waals surface area (Å²) in [7, 11) is 1.82. The highest BCUT2D eigenvalue weighted by Crippen LogP contribution is 2.24. The topological polar surface area (TPSA) is 88.4 Å². The number of aromatic nitrogens is 3. The van der Waals surface area contributed by atoms with Crippen LogP contribution in [0.15, 0.2) is 24.5 Å².